The quantitative estimate of drug-likeness (QED) is 0.590. The summed E-state index contributed by atoms with van der Waals surface area (Å²) in [5.74, 6) is 2.42. The van der Waals surface area contributed by atoms with E-state index >= 15 is 0 Å². The number of nitriles is 1. The number of aromatic nitrogens is 1. The molecule has 0 fully saturated rings. The number of anilines is 2. The summed E-state index contributed by atoms with van der Waals surface area (Å²) < 4.78 is 26.9. The molecule has 0 atom stereocenters. The van der Waals surface area contributed by atoms with Crippen molar-refractivity contribution in [1.82, 2.24) is 4.98 Å². The number of pyridine rings is 1. The van der Waals surface area contributed by atoms with E-state index in [1.54, 1.807) is 6.07 Å². The van der Waals surface area contributed by atoms with E-state index in [0.717, 1.165) is 18.2 Å². The molecule has 4 N–H and O–H groups in total. The maximum absolute atomic E-state index is 13.9. The third-order valence-electron chi connectivity index (χ3n) is 2.62. The lowest BCUT2D eigenvalue weighted by Crippen LogP contribution is -2.18. The number of rotatable bonds is 3. The Labute approximate surface area is 118 Å². The normalized spacial score (nSPS) is 9.81. The van der Waals surface area contributed by atoms with Gasteiger partial charge in [0.15, 0.2) is 11.6 Å². The molecule has 0 aliphatic heterocycles. The van der Waals surface area contributed by atoms with E-state index in [1.165, 1.54) is 12.3 Å². The summed E-state index contributed by atoms with van der Waals surface area (Å²) in [5.41, 5.74) is 1.70. The molecule has 8 heteroatoms. The minimum Gasteiger partial charge on any atom is -0.321 e. The van der Waals surface area contributed by atoms with Gasteiger partial charge in [-0.05, 0) is 24.3 Å². The Morgan fingerprint density at radius 1 is 1.33 bits per heavy atom. The Kier molecular flexibility index (Phi) is 4.06. The molecule has 0 spiro atoms. The van der Waals surface area contributed by atoms with Crippen LogP contribution in [0.3, 0.4) is 0 Å². The Hall–Kier alpha value is -3.05. The number of hydrazine groups is 1. The van der Waals surface area contributed by atoms with E-state index in [1.807, 2.05) is 5.43 Å². The lowest BCUT2D eigenvalue weighted by molar-refractivity contribution is 0.102. The average Bonchev–Trinajstić information content (AvgIpc) is 2.49. The van der Waals surface area contributed by atoms with Crippen LogP contribution in [0.4, 0.5) is 20.3 Å². The lowest BCUT2D eigenvalue weighted by atomic mass is 10.1. The van der Waals surface area contributed by atoms with E-state index in [-0.39, 0.29) is 22.6 Å². The first kappa shape index (κ1) is 14.4. The topological polar surface area (TPSA) is 104 Å². The molecular weight excluding hydrogens is 280 g/mol. The van der Waals surface area contributed by atoms with Gasteiger partial charge in [0.2, 0.25) is 0 Å². The maximum atomic E-state index is 13.9. The van der Waals surface area contributed by atoms with Crippen LogP contribution in [0.5, 0.6) is 0 Å². The average molecular weight is 289 g/mol. The summed E-state index contributed by atoms with van der Waals surface area (Å²) >= 11 is 0. The fourth-order valence-corrected chi connectivity index (χ4v) is 1.63. The smallest absolute Gasteiger partial charge is 0.258 e. The van der Waals surface area contributed by atoms with Gasteiger partial charge in [0.1, 0.15) is 11.9 Å². The summed E-state index contributed by atoms with van der Waals surface area (Å²) in [7, 11) is 0. The number of benzene rings is 1. The van der Waals surface area contributed by atoms with E-state index in [0.29, 0.717) is 0 Å². The fraction of sp³-hybridized carbons (Fsp3) is 0. The van der Waals surface area contributed by atoms with Crippen molar-refractivity contribution >= 4 is 17.4 Å². The van der Waals surface area contributed by atoms with Crippen molar-refractivity contribution in [2.75, 3.05) is 10.7 Å². The summed E-state index contributed by atoms with van der Waals surface area (Å²) in [6, 6.07) is 6.15. The molecule has 0 saturated heterocycles. The third-order valence-corrected chi connectivity index (χ3v) is 2.62. The molecule has 6 nitrogen and oxygen atoms in total. The summed E-state index contributed by atoms with van der Waals surface area (Å²) in [4.78, 5) is 15.6. The Morgan fingerprint density at radius 3 is 2.76 bits per heavy atom. The second kappa shape index (κ2) is 5.94. The van der Waals surface area contributed by atoms with Crippen molar-refractivity contribution in [3.05, 3.63) is 53.2 Å². The number of nitrogens with one attached hydrogen (secondary N) is 2. The SMILES string of the molecule is N#Cc1cc(F)ccc1NC(=O)c1ccnc(NN)c1F. The standard InChI is InChI=1S/C13H9F2N5O/c14-8-1-2-10(7(5-8)6-16)19-13(21)9-3-4-18-12(20-17)11(9)15/h1-5H,17H2,(H,18,20)(H,19,21). The number of nitrogens with zero attached hydrogens (tertiary/aromatic N) is 2. The van der Waals surface area contributed by atoms with Crippen molar-refractivity contribution in [2.45, 2.75) is 0 Å². The second-order valence-electron chi connectivity index (χ2n) is 3.92. The van der Waals surface area contributed by atoms with Crippen LogP contribution in [0.2, 0.25) is 0 Å². The predicted octanol–water partition coefficient (Wildman–Crippen LogP) is 1.77. The van der Waals surface area contributed by atoms with Crippen LogP contribution in [-0.2, 0) is 0 Å². The Balaban J connectivity index is 2.33. The van der Waals surface area contributed by atoms with Gasteiger partial charge in [-0.1, -0.05) is 0 Å². The van der Waals surface area contributed by atoms with Crippen molar-refractivity contribution in [3.8, 4) is 6.07 Å². The molecule has 2 aromatic rings. The molecular formula is C13H9F2N5O. The van der Waals surface area contributed by atoms with Crippen LogP contribution in [0.25, 0.3) is 0 Å². The van der Waals surface area contributed by atoms with Crippen molar-refractivity contribution in [3.63, 3.8) is 0 Å². The first-order valence-corrected chi connectivity index (χ1v) is 5.69. The maximum Gasteiger partial charge on any atom is 0.258 e. The molecule has 0 aliphatic rings. The largest absolute Gasteiger partial charge is 0.321 e. The highest BCUT2D eigenvalue weighted by molar-refractivity contribution is 6.05. The molecule has 0 aliphatic carbocycles. The Bertz CT molecular complexity index is 742. The monoisotopic (exact) mass is 289 g/mol. The predicted molar refractivity (Wildman–Crippen MR) is 71.1 cm³/mol. The van der Waals surface area contributed by atoms with Crippen LogP contribution < -0.4 is 16.6 Å². The summed E-state index contributed by atoms with van der Waals surface area (Å²) in [6.07, 6.45) is 1.20. The van der Waals surface area contributed by atoms with Crippen molar-refractivity contribution in [1.29, 1.82) is 5.26 Å². The molecule has 1 heterocycles. The van der Waals surface area contributed by atoms with Crippen LogP contribution in [0.15, 0.2) is 30.5 Å². The van der Waals surface area contributed by atoms with Gasteiger partial charge in [-0.15, -0.1) is 0 Å². The van der Waals surface area contributed by atoms with E-state index < -0.39 is 17.5 Å². The molecule has 0 radical (unpaired) electrons. The highest BCUT2D eigenvalue weighted by atomic mass is 19.1. The van der Waals surface area contributed by atoms with Gasteiger partial charge < -0.3 is 10.7 Å². The summed E-state index contributed by atoms with van der Waals surface area (Å²) in [6.45, 7) is 0. The van der Waals surface area contributed by atoms with Crippen LogP contribution in [0.1, 0.15) is 15.9 Å². The van der Waals surface area contributed by atoms with E-state index in [2.05, 4.69) is 10.3 Å². The van der Waals surface area contributed by atoms with Gasteiger partial charge in [-0.25, -0.2) is 19.6 Å². The van der Waals surface area contributed by atoms with Crippen LogP contribution in [0, 0.1) is 23.0 Å². The van der Waals surface area contributed by atoms with E-state index in [4.69, 9.17) is 11.1 Å². The van der Waals surface area contributed by atoms with Gasteiger partial charge >= 0.3 is 0 Å². The molecule has 2 rings (SSSR count). The zero-order chi connectivity index (χ0) is 15.4. The number of amides is 1. The van der Waals surface area contributed by atoms with Crippen molar-refractivity contribution < 1.29 is 13.6 Å². The number of carbonyl (C=O) groups is 1. The zero-order valence-electron chi connectivity index (χ0n) is 10.5. The third kappa shape index (κ3) is 2.93. The fourth-order valence-electron chi connectivity index (χ4n) is 1.63. The number of hydrogen-bond acceptors (Lipinski definition) is 5. The first-order chi connectivity index (χ1) is 10.1. The number of hydrogen-bond donors (Lipinski definition) is 3. The van der Waals surface area contributed by atoms with E-state index in [9.17, 15) is 13.6 Å². The zero-order valence-corrected chi connectivity index (χ0v) is 10.5. The van der Waals surface area contributed by atoms with Gasteiger partial charge in [0, 0.05) is 6.20 Å². The van der Waals surface area contributed by atoms with Crippen LogP contribution >= 0.6 is 0 Å². The molecule has 0 unspecified atom stereocenters. The molecule has 0 bridgehead atoms. The minimum atomic E-state index is -0.932. The first-order valence-electron chi connectivity index (χ1n) is 5.69. The van der Waals surface area contributed by atoms with Gasteiger partial charge in [-0.3, -0.25) is 4.79 Å². The highest BCUT2D eigenvalue weighted by Gasteiger charge is 2.17. The van der Waals surface area contributed by atoms with Crippen molar-refractivity contribution in [2.24, 2.45) is 5.84 Å². The number of halogens is 2. The molecule has 0 saturated carbocycles. The number of carbonyl (C=O) groups excluding carboxylic acids is 1. The molecule has 106 valence electrons. The molecule has 1 amide bonds. The van der Waals surface area contributed by atoms with Gasteiger partial charge in [-0.2, -0.15) is 5.26 Å². The number of nitrogens with two attached hydrogens (primary N) is 1. The summed E-state index contributed by atoms with van der Waals surface area (Å²) in [5, 5.41) is 11.2. The minimum absolute atomic E-state index is 0.0716. The Morgan fingerprint density at radius 2 is 2.10 bits per heavy atom. The molecule has 1 aromatic carbocycles. The number of nitrogen functional groups attached to an aromatic ring is 1. The lowest BCUT2D eigenvalue weighted by Gasteiger charge is -2.09. The van der Waals surface area contributed by atoms with Crippen LogP contribution in [-0.4, -0.2) is 10.9 Å². The van der Waals surface area contributed by atoms with Gasteiger partial charge in [0.05, 0.1) is 16.8 Å². The molecule has 1 aromatic heterocycles. The van der Waals surface area contributed by atoms with Gasteiger partial charge in [0.25, 0.3) is 5.91 Å². The molecule has 21 heavy (non-hydrogen) atoms. The highest BCUT2D eigenvalue weighted by Crippen LogP contribution is 2.19. The second-order valence-corrected chi connectivity index (χ2v) is 3.92.